The maximum Gasteiger partial charge on any atom is 0.224 e. The third-order valence-electron chi connectivity index (χ3n) is 2.25. The van der Waals surface area contributed by atoms with Crippen LogP contribution in [0.5, 0.6) is 0 Å². The number of rotatable bonds is 8. The van der Waals surface area contributed by atoms with Crippen LogP contribution in [0.15, 0.2) is 72.9 Å². The summed E-state index contributed by atoms with van der Waals surface area (Å²) in [6.45, 7) is 3.76. The molecule has 0 bridgehead atoms. The van der Waals surface area contributed by atoms with Crippen LogP contribution in [0.3, 0.4) is 0 Å². The van der Waals surface area contributed by atoms with Gasteiger partial charge in [-0.3, -0.25) is 4.79 Å². The summed E-state index contributed by atoms with van der Waals surface area (Å²) >= 11 is 0. The van der Waals surface area contributed by atoms with Crippen molar-refractivity contribution in [3.05, 3.63) is 72.9 Å². The molecule has 2 heteroatoms. The summed E-state index contributed by atoms with van der Waals surface area (Å²) in [7, 11) is 0. The van der Waals surface area contributed by atoms with E-state index >= 15 is 0 Å². The minimum atomic E-state index is -0.309. The van der Waals surface area contributed by atoms with Gasteiger partial charge in [0.05, 0.1) is 5.92 Å². The number of allylic oxidation sites excluding steroid dienone is 11. The molecule has 1 unspecified atom stereocenters. The van der Waals surface area contributed by atoms with Crippen LogP contribution in [-0.4, -0.2) is 5.91 Å². The van der Waals surface area contributed by atoms with Crippen molar-refractivity contribution in [2.45, 2.75) is 20.3 Å². The topological polar surface area (TPSA) is 43.1 Å². The first-order chi connectivity index (χ1) is 9.18. The van der Waals surface area contributed by atoms with Gasteiger partial charge in [-0.1, -0.05) is 79.8 Å². The van der Waals surface area contributed by atoms with Crippen molar-refractivity contribution in [1.82, 2.24) is 0 Å². The number of nitrogens with two attached hydrogens (primary N) is 1. The minimum absolute atomic E-state index is 0.222. The Morgan fingerprint density at radius 1 is 0.947 bits per heavy atom. The van der Waals surface area contributed by atoms with Crippen LogP contribution >= 0.6 is 0 Å². The zero-order chi connectivity index (χ0) is 14.3. The zero-order valence-corrected chi connectivity index (χ0v) is 11.7. The summed E-state index contributed by atoms with van der Waals surface area (Å²) in [4.78, 5) is 10.7. The number of hydrogen-bond donors (Lipinski definition) is 1. The molecule has 0 spiro atoms. The van der Waals surface area contributed by atoms with Crippen LogP contribution in [0.1, 0.15) is 20.3 Å². The van der Waals surface area contributed by atoms with Crippen LogP contribution in [0, 0.1) is 5.92 Å². The van der Waals surface area contributed by atoms with E-state index in [4.69, 9.17) is 5.73 Å². The van der Waals surface area contributed by atoms with E-state index in [-0.39, 0.29) is 11.8 Å². The zero-order valence-electron chi connectivity index (χ0n) is 11.7. The second-order valence-corrected chi connectivity index (χ2v) is 3.96. The SMILES string of the molecule is CC=CC=CC=CCC=CC=CC=CC(C)C(N)=O. The fourth-order valence-corrected chi connectivity index (χ4v) is 1.09. The lowest BCUT2D eigenvalue weighted by Crippen LogP contribution is -2.18. The number of carbonyl (C=O) groups is 1. The highest BCUT2D eigenvalue weighted by Gasteiger charge is 2.00. The molecule has 2 nitrogen and oxygen atoms in total. The van der Waals surface area contributed by atoms with E-state index in [0.717, 1.165) is 6.42 Å². The van der Waals surface area contributed by atoms with Gasteiger partial charge in [0.1, 0.15) is 0 Å². The van der Waals surface area contributed by atoms with Crippen molar-refractivity contribution in [2.24, 2.45) is 11.7 Å². The molecule has 0 rings (SSSR count). The van der Waals surface area contributed by atoms with E-state index in [1.807, 2.05) is 61.6 Å². The van der Waals surface area contributed by atoms with Crippen LogP contribution in [-0.2, 0) is 4.79 Å². The van der Waals surface area contributed by atoms with Crippen molar-refractivity contribution in [3.63, 3.8) is 0 Å². The molecule has 0 aromatic carbocycles. The molecule has 19 heavy (non-hydrogen) atoms. The summed E-state index contributed by atoms with van der Waals surface area (Å²) in [6, 6.07) is 0. The Morgan fingerprint density at radius 3 is 2.00 bits per heavy atom. The molecule has 0 saturated carbocycles. The fourth-order valence-electron chi connectivity index (χ4n) is 1.09. The smallest absolute Gasteiger partial charge is 0.224 e. The molecule has 0 radical (unpaired) electrons. The van der Waals surface area contributed by atoms with Gasteiger partial charge in [-0.25, -0.2) is 0 Å². The Kier molecular flexibility index (Phi) is 11.0. The molecule has 0 aliphatic heterocycles. The molecule has 0 saturated heterocycles. The first-order valence-electron chi connectivity index (χ1n) is 6.42. The Balaban J connectivity index is 3.82. The number of primary amides is 1. The van der Waals surface area contributed by atoms with Gasteiger partial charge in [0.15, 0.2) is 0 Å². The molecular weight excluding hydrogens is 234 g/mol. The third-order valence-corrected chi connectivity index (χ3v) is 2.25. The van der Waals surface area contributed by atoms with Gasteiger partial charge < -0.3 is 5.73 Å². The van der Waals surface area contributed by atoms with Gasteiger partial charge >= 0.3 is 0 Å². The molecule has 0 fully saturated rings. The van der Waals surface area contributed by atoms with Crippen LogP contribution in [0.4, 0.5) is 0 Å². The van der Waals surface area contributed by atoms with Crippen LogP contribution < -0.4 is 5.73 Å². The summed E-state index contributed by atoms with van der Waals surface area (Å²) in [5.74, 6) is -0.531. The second kappa shape index (κ2) is 12.4. The Labute approximate surface area is 116 Å². The van der Waals surface area contributed by atoms with Gasteiger partial charge in [-0.2, -0.15) is 0 Å². The highest BCUT2D eigenvalue weighted by atomic mass is 16.1. The first-order valence-corrected chi connectivity index (χ1v) is 6.42. The van der Waals surface area contributed by atoms with Crippen molar-refractivity contribution in [2.75, 3.05) is 0 Å². The predicted octanol–water partition coefficient (Wildman–Crippen LogP) is 3.86. The van der Waals surface area contributed by atoms with Crippen molar-refractivity contribution < 1.29 is 4.79 Å². The summed E-state index contributed by atoms with van der Waals surface area (Å²) in [5.41, 5.74) is 5.13. The van der Waals surface area contributed by atoms with Gasteiger partial charge in [0.25, 0.3) is 0 Å². The molecule has 0 aliphatic carbocycles. The van der Waals surface area contributed by atoms with E-state index < -0.39 is 0 Å². The number of carbonyl (C=O) groups excluding carboxylic acids is 1. The number of hydrogen-bond acceptors (Lipinski definition) is 1. The maximum absolute atomic E-state index is 10.7. The predicted molar refractivity (Wildman–Crippen MR) is 83.5 cm³/mol. The molecule has 0 aromatic heterocycles. The normalized spacial score (nSPS) is 15.1. The van der Waals surface area contributed by atoms with Crippen LogP contribution in [0.25, 0.3) is 0 Å². The Bertz CT molecular complexity index is 409. The van der Waals surface area contributed by atoms with E-state index in [9.17, 15) is 4.79 Å². The standard InChI is InChI=1S/C17H23NO/c1-3-4-5-6-7-8-9-10-11-12-13-14-15-16(2)17(18)19/h3-8,10-16H,9H2,1-2H3,(H2,18,19). The molecule has 1 atom stereocenters. The Morgan fingerprint density at radius 2 is 1.47 bits per heavy atom. The monoisotopic (exact) mass is 257 g/mol. The van der Waals surface area contributed by atoms with E-state index in [2.05, 4.69) is 12.2 Å². The fraction of sp³-hybridized carbons (Fsp3) is 0.235. The summed E-state index contributed by atoms with van der Waals surface area (Å²) < 4.78 is 0. The largest absolute Gasteiger partial charge is 0.369 e. The maximum atomic E-state index is 10.7. The van der Waals surface area contributed by atoms with E-state index in [0.29, 0.717) is 0 Å². The minimum Gasteiger partial charge on any atom is -0.369 e. The van der Waals surface area contributed by atoms with Gasteiger partial charge in [-0.05, 0) is 13.3 Å². The van der Waals surface area contributed by atoms with E-state index in [1.54, 1.807) is 13.0 Å². The first kappa shape index (κ1) is 16.9. The molecule has 102 valence electrons. The van der Waals surface area contributed by atoms with Gasteiger partial charge in [-0.15, -0.1) is 0 Å². The molecular formula is C17H23NO. The lowest BCUT2D eigenvalue weighted by molar-refractivity contribution is -0.120. The average Bonchev–Trinajstić information content (AvgIpc) is 2.39. The quantitative estimate of drug-likeness (QED) is 0.659. The molecule has 0 heterocycles. The molecule has 2 N–H and O–H groups in total. The molecule has 0 aliphatic rings. The molecule has 0 aromatic rings. The van der Waals surface area contributed by atoms with Crippen LogP contribution in [0.2, 0.25) is 0 Å². The third kappa shape index (κ3) is 12.2. The van der Waals surface area contributed by atoms with Gasteiger partial charge in [0, 0.05) is 0 Å². The Hall–Kier alpha value is -2.09. The number of amides is 1. The van der Waals surface area contributed by atoms with Crippen molar-refractivity contribution >= 4 is 5.91 Å². The van der Waals surface area contributed by atoms with Crippen molar-refractivity contribution in [3.8, 4) is 0 Å². The van der Waals surface area contributed by atoms with Crippen molar-refractivity contribution in [1.29, 1.82) is 0 Å². The lowest BCUT2D eigenvalue weighted by Gasteiger charge is -1.95. The summed E-state index contributed by atoms with van der Waals surface area (Å²) in [5, 5.41) is 0. The molecule has 1 amide bonds. The highest BCUT2D eigenvalue weighted by Crippen LogP contribution is 1.95. The summed E-state index contributed by atoms with van der Waals surface area (Å²) in [6.07, 6.45) is 24.4. The second-order valence-electron chi connectivity index (χ2n) is 3.96. The van der Waals surface area contributed by atoms with E-state index in [1.165, 1.54) is 0 Å². The van der Waals surface area contributed by atoms with Gasteiger partial charge in [0.2, 0.25) is 5.91 Å². The highest BCUT2D eigenvalue weighted by molar-refractivity contribution is 5.78. The lowest BCUT2D eigenvalue weighted by atomic mass is 10.1. The average molecular weight is 257 g/mol.